The Labute approximate surface area is 183 Å². The number of aromatic nitrogens is 2. The fourth-order valence-corrected chi connectivity index (χ4v) is 4.84. The van der Waals surface area contributed by atoms with Crippen LogP contribution in [0.15, 0.2) is 48.7 Å². The first-order valence-electron chi connectivity index (χ1n) is 10.3. The Hall–Kier alpha value is -2.70. The van der Waals surface area contributed by atoms with Gasteiger partial charge in [0.1, 0.15) is 0 Å². The second kappa shape index (κ2) is 8.20. The highest BCUT2D eigenvalue weighted by molar-refractivity contribution is 7.80. The number of thiocarbonyl (C=S) groups is 1. The number of β-amino-alcohol motifs (C(OH)–C–C–N with tert-alkyl or cyclic N) is 1. The van der Waals surface area contributed by atoms with Crippen LogP contribution >= 0.6 is 12.2 Å². The van der Waals surface area contributed by atoms with Crippen molar-refractivity contribution in [2.75, 3.05) is 13.2 Å². The highest BCUT2D eigenvalue weighted by atomic mass is 32.1. The number of aryl methyl sites for hydroxylation is 3. The van der Waals surface area contributed by atoms with E-state index in [2.05, 4.69) is 71.7 Å². The lowest BCUT2D eigenvalue weighted by Crippen LogP contribution is -2.32. The molecular weight excluding hydrogens is 392 g/mol. The quantitative estimate of drug-likeness (QED) is 0.610. The van der Waals surface area contributed by atoms with E-state index >= 15 is 0 Å². The smallest absolute Gasteiger partial charge is 0.170 e. The van der Waals surface area contributed by atoms with Gasteiger partial charge >= 0.3 is 0 Å². The Morgan fingerprint density at radius 3 is 2.60 bits per heavy atom. The molecule has 2 atom stereocenters. The molecule has 1 aliphatic heterocycles. The molecule has 0 aliphatic carbocycles. The predicted octanol–water partition coefficient (Wildman–Crippen LogP) is 4.07. The van der Waals surface area contributed by atoms with Crippen molar-refractivity contribution in [3.8, 4) is 5.69 Å². The van der Waals surface area contributed by atoms with Crippen LogP contribution < -0.4 is 5.32 Å². The van der Waals surface area contributed by atoms with Crippen LogP contribution in [-0.2, 0) is 0 Å². The highest BCUT2D eigenvalue weighted by Gasteiger charge is 2.41. The minimum absolute atomic E-state index is 0.0374. The number of nitrogens with one attached hydrogen (secondary N) is 1. The third kappa shape index (κ3) is 3.50. The Morgan fingerprint density at radius 1 is 1.10 bits per heavy atom. The van der Waals surface area contributed by atoms with Crippen molar-refractivity contribution in [1.82, 2.24) is 19.8 Å². The van der Waals surface area contributed by atoms with E-state index in [1.54, 1.807) is 0 Å². The summed E-state index contributed by atoms with van der Waals surface area (Å²) in [6.45, 7) is 9.10. The normalized spacial score (nSPS) is 18.7. The van der Waals surface area contributed by atoms with Crippen LogP contribution in [0, 0.1) is 27.7 Å². The molecule has 6 heteroatoms. The minimum Gasteiger partial charge on any atom is -0.395 e. The van der Waals surface area contributed by atoms with Crippen molar-refractivity contribution in [3.05, 3.63) is 82.4 Å². The highest BCUT2D eigenvalue weighted by Crippen LogP contribution is 2.41. The summed E-state index contributed by atoms with van der Waals surface area (Å²) in [5.74, 6) is 0. The number of nitrogens with zero attached hydrogens (tertiary/aromatic N) is 3. The van der Waals surface area contributed by atoms with Gasteiger partial charge < -0.3 is 19.9 Å². The van der Waals surface area contributed by atoms with E-state index in [1.807, 2.05) is 24.4 Å². The summed E-state index contributed by atoms with van der Waals surface area (Å²) in [6.07, 6.45) is 1.81. The van der Waals surface area contributed by atoms with Crippen molar-refractivity contribution in [1.29, 1.82) is 0 Å². The lowest BCUT2D eigenvalue weighted by Gasteiger charge is -2.27. The van der Waals surface area contributed by atoms with Crippen LogP contribution in [0.25, 0.3) is 5.69 Å². The molecule has 5 nitrogen and oxygen atoms in total. The van der Waals surface area contributed by atoms with Crippen LogP contribution in [0.5, 0.6) is 0 Å². The van der Waals surface area contributed by atoms with Crippen LogP contribution in [0.1, 0.15) is 45.9 Å². The van der Waals surface area contributed by atoms with Gasteiger partial charge in [0.25, 0.3) is 0 Å². The molecule has 3 heterocycles. The maximum Gasteiger partial charge on any atom is 0.170 e. The first kappa shape index (κ1) is 20.6. The number of aliphatic hydroxyl groups is 1. The molecule has 2 aromatic heterocycles. The van der Waals surface area contributed by atoms with Gasteiger partial charge in [-0.3, -0.25) is 4.98 Å². The molecule has 156 valence electrons. The Bertz CT molecular complexity index is 1080. The van der Waals surface area contributed by atoms with Gasteiger partial charge in [-0.05, 0) is 80.9 Å². The zero-order valence-corrected chi connectivity index (χ0v) is 18.7. The van der Waals surface area contributed by atoms with Gasteiger partial charge in [0.15, 0.2) is 5.11 Å². The third-order valence-corrected chi connectivity index (χ3v) is 6.29. The standard InChI is InChI=1S/C24H28N4OS/c1-15-8-9-16(2)21(13-15)28-17(3)14-19(18(28)4)23-22(20-7-5-6-10-25-20)26-24(30)27(23)11-12-29/h5-10,13-14,22-23,29H,11-12H2,1-4H3,(H,26,30)/t22-,23-/m1/s1. The van der Waals surface area contributed by atoms with Crippen molar-refractivity contribution in [3.63, 3.8) is 0 Å². The summed E-state index contributed by atoms with van der Waals surface area (Å²) in [5.41, 5.74) is 8.18. The molecule has 0 unspecified atom stereocenters. The molecule has 0 bridgehead atoms. The average Bonchev–Trinajstić information content (AvgIpc) is 3.21. The maximum absolute atomic E-state index is 9.69. The summed E-state index contributed by atoms with van der Waals surface area (Å²) in [7, 11) is 0. The number of pyridine rings is 1. The van der Waals surface area contributed by atoms with Gasteiger partial charge in [-0.15, -0.1) is 0 Å². The molecule has 1 saturated heterocycles. The number of rotatable bonds is 5. The number of hydrogen-bond donors (Lipinski definition) is 2. The molecule has 1 fully saturated rings. The van der Waals surface area contributed by atoms with Crippen molar-refractivity contribution in [2.45, 2.75) is 39.8 Å². The van der Waals surface area contributed by atoms with Crippen molar-refractivity contribution < 1.29 is 5.11 Å². The summed E-state index contributed by atoms with van der Waals surface area (Å²) >= 11 is 5.64. The van der Waals surface area contributed by atoms with Gasteiger partial charge in [0, 0.05) is 29.8 Å². The van der Waals surface area contributed by atoms with Gasteiger partial charge in [-0.1, -0.05) is 18.2 Å². The Morgan fingerprint density at radius 2 is 1.90 bits per heavy atom. The second-order valence-corrected chi connectivity index (χ2v) is 8.38. The molecular formula is C24H28N4OS. The fraction of sp³-hybridized carbons (Fsp3) is 0.333. The molecule has 1 aliphatic rings. The van der Waals surface area contributed by atoms with Gasteiger partial charge in [-0.25, -0.2) is 0 Å². The van der Waals surface area contributed by atoms with E-state index in [1.165, 1.54) is 33.8 Å². The summed E-state index contributed by atoms with van der Waals surface area (Å²) in [5, 5.41) is 13.8. The zero-order chi connectivity index (χ0) is 21.4. The number of aliphatic hydroxyl groups excluding tert-OH is 1. The lowest BCUT2D eigenvalue weighted by molar-refractivity contribution is 0.223. The van der Waals surface area contributed by atoms with E-state index in [0.717, 1.165) is 5.69 Å². The first-order chi connectivity index (χ1) is 14.4. The monoisotopic (exact) mass is 420 g/mol. The van der Waals surface area contributed by atoms with Crippen molar-refractivity contribution in [2.24, 2.45) is 0 Å². The number of benzene rings is 1. The van der Waals surface area contributed by atoms with Crippen LogP contribution in [0.3, 0.4) is 0 Å². The Balaban J connectivity index is 1.86. The molecule has 30 heavy (non-hydrogen) atoms. The van der Waals surface area contributed by atoms with E-state index < -0.39 is 0 Å². The molecule has 1 aromatic carbocycles. The first-order valence-corrected chi connectivity index (χ1v) is 10.7. The molecule has 0 saturated carbocycles. The fourth-order valence-electron chi connectivity index (χ4n) is 4.51. The summed E-state index contributed by atoms with van der Waals surface area (Å²) < 4.78 is 2.33. The van der Waals surface area contributed by atoms with Crippen LogP contribution in [0.2, 0.25) is 0 Å². The van der Waals surface area contributed by atoms with Crippen LogP contribution in [0.4, 0.5) is 0 Å². The summed E-state index contributed by atoms with van der Waals surface area (Å²) in [6, 6.07) is 14.6. The molecule has 4 rings (SSSR count). The van der Waals surface area contributed by atoms with Crippen molar-refractivity contribution >= 4 is 17.3 Å². The number of hydrogen-bond acceptors (Lipinski definition) is 3. The predicted molar refractivity (Wildman–Crippen MR) is 124 cm³/mol. The Kier molecular flexibility index (Phi) is 5.62. The molecule has 0 radical (unpaired) electrons. The van der Waals surface area contributed by atoms with E-state index in [0.29, 0.717) is 11.7 Å². The second-order valence-electron chi connectivity index (χ2n) is 8.00. The van der Waals surface area contributed by atoms with E-state index in [-0.39, 0.29) is 18.7 Å². The molecule has 3 aromatic rings. The largest absolute Gasteiger partial charge is 0.395 e. The van der Waals surface area contributed by atoms with E-state index in [9.17, 15) is 5.11 Å². The third-order valence-electron chi connectivity index (χ3n) is 5.93. The molecule has 2 N–H and O–H groups in total. The minimum atomic E-state index is -0.0715. The maximum atomic E-state index is 9.69. The lowest BCUT2D eigenvalue weighted by atomic mass is 9.97. The molecule has 0 spiro atoms. The zero-order valence-electron chi connectivity index (χ0n) is 17.9. The topological polar surface area (TPSA) is 53.3 Å². The summed E-state index contributed by atoms with van der Waals surface area (Å²) in [4.78, 5) is 6.68. The average molecular weight is 421 g/mol. The van der Waals surface area contributed by atoms with Gasteiger partial charge in [0.05, 0.1) is 24.4 Å². The van der Waals surface area contributed by atoms with E-state index in [4.69, 9.17) is 12.2 Å². The van der Waals surface area contributed by atoms with Crippen LogP contribution in [-0.4, -0.2) is 37.8 Å². The SMILES string of the molecule is Cc1ccc(C)c(-n2c(C)cc([C@@H]3[C@@H](c4ccccn4)NC(=S)N3CCO)c2C)c1. The molecule has 0 amide bonds. The van der Waals surface area contributed by atoms with Gasteiger partial charge in [0.2, 0.25) is 0 Å². The van der Waals surface area contributed by atoms with Gasteiger partial charge in [-0.2, -0.15) is 0 Å².